The van der Waals surface area contributed by atoms with Gasteiger partial charge >= 0.3 is 0 Å². The van der Waals surface area contributed by atoms with Gasteiger partial charge in [-0.3, -0.25) is 24.1 Å². The van der Waals surface area contributed by atoms with E-state index in [1.165, 1.54) is 11.8 Å². The molecule has 1 fully saturated rings. The first-order valence-electron chi connectivity index (χ1n) is 8.30. The zero-order valence-corrected chi connectivity index (χ0v) is 14.7. The molecule has 0 aromatic carbocycles. The van der Waals surface area contributed by atoms with Gasteiger partial charge in [-0.1, -0.05) is 12.8 Å². The molecule has 2 aliphatic rings. The minimum absolute atomic E-state index is 0.0592. The van der Waals surface area contributed by atoms with E-state index in [-0.39, 0.29) is 22.8 Å². The van der Waals surface area contributed by atoms with E-state index in [1.54, 1.807) is 4.68 Å². The van der Waals surface area contributed by atoms with Crippen molar-refractivity contribution in [3.8, 4) is 0 Å². The van der Waals surface area contributed by atoms with Crippen molar-refractivity contribution < 1.29 is 4.79 Å². The Bertz CT molecular complexity index is 843. The van der Waals surface area contributed by atoms with Crippen molar-refractivity contribution in [3.63, 3.8) is 0 Å². The summed E-state index contributed by atoms with van der Waals surface area (Å²) in [6, 6.07) is 0.264. The summed E-state index contributed by atoms with van der Waals surface area (Å²) in [7, 11) is 1.87. The number of hydrogen-bond donors (Lipinski definition) is 2. The highest BCUT2D eigenvalue weighted by Gasteiger charge is 2.34. The molecule has 24 heavy (non-hydrogen) atoms. The van der Waals surface area contributed by atoms with Crippen LogP contribution in [-0.4, -0.2) is 31.2 Å². The van der Waals surface area contributed by atoms with Gasteiger partial charge in [0, 0.05) is 18.8 Å². The number of rotatable bonds is 2. The van der Waals surface area contributed by atoms with Gasteiger partial charge in [0.15, 0.2) is 0 Å². The Morgan fingerprint density at radius 1 is 1.29 bits per heavy atom. The number of hydrogen-bond acceptors (Lipinski definition) is 4. The maximum absolute atomic E-state index is 12.7. The molecular weight excluding hydrogens is 326 g/mol. The van der Waals surface area contributed by atoms with Crippen LogP contribution in [0.1, 0.15) is 53.8 Å². The Labute approximate surface area is 143 Å². The molecule has 2 aromatic rings. The van der Waals surface area contributed by atoms with Gasteiger partial charge in [-0.05, 0) is 19.8 Å². The highest BCUT2D eigenvalue weighted by Crippen LogP contribution is 2.42. The lowest BCUT2D eigenvalue weighted by Gasteiger charge is -2.16. The molecule has 1 atom stereocenters. The molecule has 0 saturated heterocycles. The second-order valence-electron chi connectivity index (χ2n) is 6.59. The summed E-state index contributed by atoms with van der Waals surface area (Å²) < 4.78 is 3.65. The van der Waals surface area contributed by atoms with E-state index >= 15 is 0 Å². The lowest BCUT2D eigenvalue weighted by atomic mass is 10.1. The maximum atomic E-state index is 12.7. The molecular formula is C16H21N5O2S. The summed E-state index contributed by atoms with van der Waals surface area (Å²) in [6.07, 6.45) is 6.34. The summed E-state index contributed by atoms with van der Waals surface area (Å²) in [5.74, 6) is 0.920. The number of nitrogens with zero attached hydrogens (tertiary/aromatic N) is 3. The van der Waals surface area contributed by atoms with Crippen LogP contribution >= 0.6 is 11.8 Å². The first-order chi connectivity index (χ1) is 11.5. The van der Waals surface area contributed by atoms with Crippen molar-refractivity contribution in [2.45, 2.75) is 43.9 Å². The number of nitrogens with one attached hydrogen (secondary N) is 2. The molecule has 2 aromatic heterocycles. The van der Waals surface area contributed by atoms with E-state index in [2.05, 4.69) is 15.5 Å². The van der Waals surface area contributed by atoms with E-state index in [4.69, 9.17) is 0 Å². The molecule has 1 saturated carbocycles. The van der Waals surface area contributed by atoms with Crippen LogP contribution in [0.4, 0.5) is 5.82 Å². The molecule has 0 unspecified atom stereocenters. The number of thioether (sulfide) groups is 1. The number of anilines is 1. The van der Waals surface area contributed by atoms with Crippen LogP contribution in [-0.2, 0) is 11.8 Å². The third-order valence-corrected chi connectivity index (χ3v) is 6.14. The van der Waals surface area contributed by atoms with E-state index in [1.807, 2.05) is 24.9 Å². The van der Waals surface area contributed by atoms with Gasteiger partial charge in [0.25, 0.3) is 5.56 Å². The molecule has 8 heteroatoms. The Hall–Kier alpha value is -1.96. The highest BCUT2D eigenvalue weighted by atomic mass is 32.2. The third kappa shape index (κ3) is 2.49. The normalized spacial score (nSPS) is 21.6. The van der Waals surface area contributed by atoms with Gasteiger partial charge in [-0.2, -0.15) is 5.10 Å². The Kier molecular flexibility index (Phi) is 3.79. The van der Waals surface area contributed by atoms with Crippen LogP contribution in [0.3, 0.4) is 0 Å². The number of fused-ring (bicyclic) bond motifs is 1. The third-order valence-electron chi connectivity index (χ3n) is 4.89. The van der Waals surface area contributed by atoms with Gasteiger partial charge in [-0.15, -0.1) is 11.8 Å². The lowest BCUT2D eigenvalue weighted by Crippen LogP contribution is -2.18. The maximum Gasteiger partial charge on any atom is 0.270 e. The average molecular weight is 347 g/mol. The number of aromatic amines is 1. The van der Waals surface area contributed by atoms with Gasteiger partial charge in [0.05, 0.1) is 28.3 Å². The van der Waals surface area contributed by atoms with E-state index in [0.29, 0.717) is 17.1 Å². The van der Waals surface area contributed by atoms with Crippen LogP contribution in [0.2, 0.25) is 0 Å². The number of H-pyrrole nitrogens is 1. The van der Waals surface area contributed by atoms with Crippen LogP contribution in [0, 0.1) is 6.92 Å². The molecule has 1 aliphatic carbocycles. The topological polar surface area (TPSA) is 84.7 Å². The second-order valence-corrected chi connectivity index (χ2v) is 7.69. The monoisotopic (exact) mass is 347 g/mol. The van der Waals surface area contributed by atoms with Gasteiger partial charge in [-0.25, -0.2) is 0 Å². The number of carbonyl (C=O) groups is 1. The fourth-order valence-corrected chi connectivity index (χ4v) is 4.99. The minimum atomic E-state index is -0.181. The van der Waals surface area contributed by atoms with Crippen molar-refractivity contribution in [2.24, 2.45) is 7.05 Å². The molecule has 3 heterocycles. The zero-order chi connectivity index (χ0) is 16.8. The predicted octanol–water partition coefficient (Wildman–Crippen LogP) is 2.11. The number of carbonyl (C=O) groups excluding carboxylic acids is 1. The molecule has 2 N–H and O–H groups in total. The average Bonchev–Trinajstić information content (AvgIpc) is 3.20. The fourth-order valence-electron chi connectivity index (χ4n) is 3.80. The van der Waals surface area contributed by atoms with Crippen molar-refractivity contribution >= 4 is 23.5 Å². The Balaban J connectivity index is 1.87. The second kappa shape index (κ2) is 5.84. The Morgan fingerprint density at radius 3 is 2.71 bits per heavy atom. The highest BCUT2D eigenvalue weighted by molar-refractivity contribution is 8.00. The van der Waals surface area contributed by atoms with Crippen LogP contribution < -0.4 is 10.9 Å². The van der Waals surface area contributed by atoms with E-state index in [0.717, 1.165) is 36.9 Å². The molecule has 0 radical (unpaired) electrons. The van der Waals surface area contributed by atoms with Gasteiger partial charge < -0.3 is 5.32 Å². The standard InChI is InChI=1S/C16H21N5O2S/c1-9-11(7-20(2)18-9)14-13-15(17-12(22)8-24-14)21(19-16(13)23)10-5-3-4-6-10/h7,10,14H,3-6,8H2,1-2H3,(H,17,22)(H,19,23)/t14-/m1/s1. The summed E-state index contributed by atoms with van der Waals surface area (Å²) >= 11 is 1.49. The quantitative estimate of drug-likeness (QED) is 0.871. The SMILES string of the molecule is Cc1nn(C)cc1[C@H]1SCC(=O)Nc2c1c(=O)[nH]n2C1CCCC1. The van der Waals surface area contributed by atoms with Crippen LogP contribution in [0.15, 0.2) is 11.0 Å². The first-order valence-corrected chi connectivity index (χ1v) is 9.35. The number of aromatic nitrogens is 4. The number of aryl methyl sites for hydroxylation is 2. The Morgan fingerprint density at radius 2 is 2.04 bits per heavy atom. The summed E-state index contributed by atoms with van der Waals surface area (Å²) in [6.45, 7) is 1.94. The summed E-state index contributed by atoms with van der Waals surface area (Å²) in [4.78, 5) is 24.9. The van der Waals surface area contributed by atoms with Crippen molar-refractivity contribution in [2.75, 3.05) is 11.1 Å². The van der Waals surface area contributed by atoms with Crippen LogP contribution in [0.25, 0.3) is 0 Å². The fraction of sp³-hybridized carbons (Fsp3) is 0.562. The van der Waals surface area contributed by atoms with Crippen molar-refractivity contribution in [3.05, 3.63) is 33.4 Å². The molecule has 0 spiro atoms. The summed E-state index contributed by atoms with van der Waals surface area (Å²) in [5, 5.41) is 10.2. The number of amides is 1. The van der Waals surface area contributed by atoms with Crippen LogP contribution in [0.5, 0.6) is 0 Å². The molecule has 0 bridgehead atoms. The predicted molar refractivity (Wildman–Crippen MR) is 93.4 cm³/mol. The lowest BCUT2D eigenvalue weighted by molar-refractivity contribution is -0.113. The zero-order valence-electron chi connectivity index (χ0n) is 13.8. The molecule has 128 valence electrons. The largest absolute Gasteiger partial charge is 0.310 e. The molecule has 1 aliphatic heterocycles. The molecule has 1 amide bonds. The minimum Gasteiger partial charge on any atom is -0.310 e. The van der Waals surface area contributed by atoms with E-state index in [9.17, 15) is 9.59 Å². The van der Waals surface area contributed by atoms with Gasteiger partial charge in [0.1, 0.15) is 5.82 Å². The smallest absolute Gasteiger partial charge is 0.270 e. The summed E-state index contributed by atoms with van der Waals surface area (Å²) in [5.41, 5.74) is 2.42. The molecule has 4 rings (SSSR count). The molecule has 7 nitrogen and oxygen atoms in total. The van der Waals surface area contributed by atoms with Gasteiger partial charge in [0.2, 0.25) is 5.91 Å². The van der Waals surface area contributed by atoms with E-state index < -0.39 is 0 Å². The van der Waals surface area contributed by atoms with Crippen molar-refractivity contribution in [1.82, 2.24) is 19.6 Å². The van der Waals surface area contributed by atoms with Crippen molar-refractivity contribution in [1.29, 1.82) is 0 Å². The first kappa shape index (κ1) is 15.6.